The van der Waals surface area contributed by atoms with E-state index in [4.69, 9.17) is 0 Å². The summed E-state index contributed by atoms with van der Waals surface area (Å²) >= 11 is 5.78. The molecule has 21 heavy (non-hydrogen) atoms. The molecule has 0 radical (unpaired) electrons. The highest BCUT2D eigenvalue weighted by Crippen LogP contribution is 2.29. The highest BCUT2D eigenvalue weighted by Gasteiger charge is 2.18. The Bertz CT molecular complexity index is 566. The number of rotatable bonds is 6. The molecule has 1 N–H and O–H groups in total. The summed E-state index contributed by atoms with van der Waals surface area (Å²) in [6.45, 7) is 2.99. The van der Waals surface area contributed by atoms with Crippen molar-refractivity contribution >= 4 is 38.5 Å². The first-order valence-electron chi connectivity index (χ1n) is 7.03. The van der Waals surface area contributed by atoms with Crippen LogP contribution in [-0.2, 0) is 6.42 Å². The van der Waals surface area contributed by atoms with Crippen LogP contribution in [0.5, 0.6) is 0 Å². The van der Waals surface area contributed by atoms with Gasteiger partial charge in [0.05, 0.1) is 0 Å². The Balaban J connectivity index is 2.27. The summed E-state index contributed by atoms with van der Waals surface area (Å²) < 4.78 is 16.3. The first kappa shape index (κ1) is 16.9. The third-order valence-electron chi connectivity index (χ3n) is 3.34. The summed E-state index contributed by atoms with van der Waals surface area (Å²) in [6, 6.07) is 13.5. The Morgan fingerprint density at radius 2 is 1.90 bits per heavy atom. The van der Waals surface area contributed by atoms with Crippen molar-refractivity contribution in [3.05, 3.63) is 67.5 Å². The minimum Gasteiger partial charge on any atom is -0.310 e. The van der Waals surface area contributed by atoms with Gasteiger partial charge in [-0.3, -0.25) is 0 Å². The lowest BCUT2D eigenvalue weighted by Crippen LogP contribution is -2.25. The molecule has 0 heterocycles. The third-order valence-corrected chi connectivity index (χ3v) is 4.75. The zero-order valence-corrected chi connectivity index (χ0v) is 15.6. The fourth-order valence-corrected chi connectivity index (χ4v) is 3.27. The van der Waals surface area contributed by atoms with Gasteiger partial charge in [0.2, 0.25) is 0 Å². The van der Waals surface area contributed by atoms with E-state index in [-0.39, 0.29) is 11.9 Å². The third kappa shape index (κ3) is 4.76. The average molecular weight is 462 g/mol. The predicted molar refractivity (Wildman–Crippen MR) is 98.0 cm³/mol. The summed E-state index contributed by atoms with van der Waals surface area (Å²) in [5, 5.41) is 3.46. The van der Waals surface area contributed by atoms with Crippen molar-refractivity contribution in [3.63, 3.8) is 0 Å². The van der Waals surface area contributed by atoms with Crippen molar-refractivity contribution in [2.45, 2.75) is 25.8 Å². The van der Waals surface area contributed by atoms with Crippen molar-refractivity contribution in [1.82, 2.24) is 5.32 Å². The van der Waals surface area contributed by atoms with E-state index in [1.54, 1.807) is 6.07 Å². The molecule has 0 aliphatic heterocycles. The SMILES string of the molecule is CCCNC(Cc1ccc(I)cc1)c1c(F)cccc1Br. The van der Waals surface area contributed by atoms with Crippen LogP contribution in [0.2, 0.25) is 0 Å². The second-order valence-corrected chi connectivity index (χ2v) is 7.07. The first-order chi connectivity index (χ1) is 10.1. The second-order valence-electron chi connectivity index (χ2n) is 4.97. The van der Waals surface area contributed by atoms with Gasteiger partial charge in [-0.2, -0.15) is 0 Å². The van der Waals surface area contributed by atoms with Gasteiger partial charge in [-0.1, -0.05) is 41.1 Å². The maximum atomic E-state index is 14.2. The van der Waals surface area contributed by atoms with E-state index in [0.29, 0.717) is 5.56 Å². The van der Waals surface area contributed by atoms with E-state index in [2.05, 4.69) is 75.0 Å². The van der Waals surface area contributed by atoms with Gasteiger partial charge in [-0.05, 0) is 71.8 Å². The van der Waals surface area contributed by atoms with E-state index >= 15 is 0 Å². The Kier molecular flexibility index (Phi) is 6.64. The van der Waals surface area contributed by atoms with Crippen LogP contribution in [0.4, 0.5) is 4.39 Å². The Labute approximate surface area is 147 Å². The lowest BCUT2D eigenvalue weighted by Gasteiger charge is -2.21. The zero-order valence-electron chi connectivity index (χ0n) is 11.9. The molecule has 2 rings (SSSR count). The fourth-order valence-electron chi connectivity index (χ4n) is 2.29. The van der Waals surface area contributed by atoms with Crippen molar-refractivity contribution in [2.24, 2.45) is 0 Å². The standard InChI is InChI=1S/C17H18BrFIN/c1-2-10-21-16(11-12-6-8-13(20)9-7-12)17-14(18)4-3-5-15(17)19/h3-9,16,21H,2,10-11H2,1H3. The quantitative estimate of drug-likeness (QED) is 0.562. The molecule has 4 heteroatoms. The van der Waals surface area contributed by atoms with E-state index in [0.717, 1.165) is 23.9 Å². The van der Waals surface area contributed by atoms with Gasteiger partial charge in [0, 0.05) is 19.6 Å². The molecule has 2 aromatic carbocycles. The van der Waals surface area contributed by atoms with Crippen LogP contribution in [0.25, 0.3) is 0 Å². The molecule has 0 bridgehead atoms. The normalized spacial score (nSPS) is 12.4. The largest absolute Gasteiger partial charge is 0.310 e. The Morgan fingerprint density at radius 3 is 2.52 bits per heavy atom. The van der Waals surface area contributed by atoms with E-state index in [1.165, 1.54) is 15.2 Å². The molecule has 1 atom stereocenters. The topological polar surface area (TPSA) is 12.0 Å². The number of hydrogen-bond donors (Lipinski definition) is 1. The molecular weight excluding hydrogens is 444 g/mol. The average Bonchev–Trinajstić information content (AvgIpc) is 2.46. The van der Waals surface area contributed by atoms with Gasteiger partial charge in [0.15, 0.2) is 0 Å². The van der Waals surface area contributed by atoms with Crippen molar-refractivity contribution in [2.75, 3.05) is 6.54 Å². The second kappa shape index (κ2) is 8.25. The molecule has 0 fully saturated rings. The maximum Gasteiger partial charge on any atom is 0.129 e. The van der Waals surface area contributed by atoms with Gasteiger partial charge in [0.25, 0.3) is 0 Å². The molecule has 0 spiro atoms. The Hall–Kier alpha value is -0.460. The number of benzene rings is 2. The molecule has 0 aliphatic rings. The lowest BCUT2D eigenvalue weighted by molar-refractivity contribution is 0.495. The van der Waals surface area contributed by atoms with Crippen LogP contribution >= 0.6 is 38.5 Å². The van der Waals surface area contributed by atoms with Gasteiger partial charge < -0.3 is 5.32 Å². The van der Waals surface area contributed by atoms with E-state index in [9.17, 15) is 4.39 Å². The molecule has 1 nitrogen and oxygen atoms in total. The number of nitrogens with one attached hydrogen (secondary N) is 1. The van der Waals surface area contributed by atoms with Crippen LogP contribution in [0.3, 0.4) is 0 Å². The summed E-state index contributed by atoms with van der Waals surface area (Å²) in [5.41, 5.74) is 1.92. The molecule has 0 amide bonds. The highest BCUT2D eigenvalue weighted by atomic mass is 127. The monoisotopic (exact) mass is 461 g/mol. The summed E-state index contributed by atoms with van der Waals surface area (Å²) in [4.78, 5) is 0. The summed E-state index contributed by atoms with van der Waals surface area (Å²) in [6.07, 6.45) is 1.80. The smallest absolute Gasteiger partial charge is 0.129 e. The van der Waals surface area contributed by atoms with Gasteiger partial charge in [-0.15, -0.1) is 0 Å². The van der Waals surface area contributed by atoms with Crippen LogP contribution < -0.4 is 5.32 Å². The fraction of sp³-hybridized carbons (Fsp3) is 0.294. The molecule has 112 valence electrons. The minimum atomic E-state index is -0.163. The van der Waals surface area contributed by atoms with Crippen LogP contribution in [0.15, 0.2) is 46.9 Å². The van der Waals surface area contributed by atoms with Crippen molar-refractivity contribution < 1.29 is 4.39 Å². The van der Waals surface area contributed by atoms with Gasteiger partial charge >= 0.3 is 0 Å². The van der Waals surface area contributed by atoms with Crippen molar-refractivity contribution in [3.8, 4) is 0 Å². The maximum absolute atomic E-state index is 14.2. The van der Waals surface area contributed by atoms with Gasteiger partial charge in [-0.25, -0.2) is 4.39 Å². The van der Waals surface area contributed by atoms with E-state index < -0.39 is 0 Å². The van der Waals surface area contributed by atoms with Crippen LogP contribution in [0, 0.1) is 9.39 Å². The molecule has 1 unspecified atom stereocenters. The molecule has 0 saturated carbocycles. The van der Waals surface area contributed by atoms with Gasteiger partial charge in [0.1, 0.15) is 5.82 Å². The van der Waals surface area contributed by atoms with Crippen LogP contribution in [0.1, 0.15) is 30.5 Å². The number of halogens is 3. The molecule has 0 aliphatic carbocycles. The predicted octanol–water partition coefficient (Wildman–Crippen LogP) is 5.48. The summed E-state index contributed by atoms with van der Waals surface area (Å²) in [5.74, 6) is -0.163. The zero-order chi connectivity index (χ0) is 15.2. The summed E-state index contributed by atoms with van der Waals surface area (Å²) in [7, 11) is 0. The Morgan fingerprint density at radius 1 is 1.19 bits per heavy atom. The van der Waals surface area contributed by atoms with Crippen LogP contribution in [-0.4, -0.2) is 6.54 Å². The minimum absolute atomic E-state index is 0.0272. The highest BCUT2D eigenvalue weighted by molar-refractivity contribution is 14.1. The lowest BCUT2D eigenvalue weighted by atomic mass is 9.98. The van der Waals surface area contributed by atoms with Crippen molar-refractivity contribution in [1.29, 1.82) is 0 Å². The first-order valence-corrected chi connectivity index (χ1v) is 8.90. The molecule has 0 saturated heterocycles. The molecule has 2 aromatic rings. The molecular formula is C17H18BrFIN. The van der Waals surface area contributed by atoms with E-state index in [1.807, 2.05) is 6.07 Å². The number of hydrogen-bond acceptors (Lipinski definition) is 1. The molecule has 0 aromatic heterocycles.